The highest BCUT2D eigenvalue weighted by atomic mass is 32.2. The number of ether oxygens (including phenoxy) is 1. The van der Waals surface area contributed by atoms with Gasteiger partial charge in [-0.1, -0.05) is 31.5 Å². The van der Waals surface area contributed by atoms with E-state index < -0.39 is 15.6 Å². The second kappa shape index (κ2) is 10.9. The number of hydrogen-bond acceptors (Lipinski definition) is 5. The first kappa shape index (κ1) is 25.9. The van der Waals surface area contributed by atoms with Gasteiger partial charge in [0, 0.05) is 37.2 Å². The van der Waals surface area contributed by atoms with Gasteiger partial charge < -0.3 is 9.64 Å². The van der Waals surface area contributed by atoms with Crippen LogP contribution in [0.2, 0.25) is 0 Å². The van der Waals surface area contributed by atoms with E-state index >= 15 is 0 Å². The molecule has 1 saturated heterocycles. The summed E-state index contributed by atoms with van der Waals surface area (Å²) in [6, 6.07) is 13.0. The molecule has 2 heterocycles. The van der Waals surface area contributed by atoms with E-state index in [9.17, 15) is 17.6 Å². The number of hydrogen-bond donors (Lipinski definition) is 0. The third-order valence-electron chi connectivity index (χ3n) is 7.44. The van der Waals surface area contributed by atoms with E-state index in [2.05, 4.69) is 11.8 Å². The summed E-state index contributed by atoms with van der Waals surface area (Å²) >= 11 is 0. The summed E-state index contributed by atoms with van der Waals surface area (Å²) in [6.45, 7) is 5.21. The summed E-state index contributed by atoms with van der Waals surface area (Å²) in [6.07, 6.45) is 3.87. The minimum atomic E-state index is -3.58. The number of piperidine rings is 1. The molecule has 190 valence electrons. The fraction of sp³-hybridized carbons (Fsp3) is 0.519. The SMILES string of the molecule is CCCC1(OC)CN(CCCN2CCC(C(=O)c3ccc(F)cc3)CC2)S(=O)(=O)c2ccccc21. The Hall–Kier alpha value is -2.13. The summed E-state index contributed by atoms with van der Waals surface area (Å²) in [5, 5.41) is 0. The highest BCUT2D eigenvalue weighted by Crippen LogP contribution is 2.41. The van der Waals surface area contributed by atoms with Crippen molar-refractivity contribution in [1.29, 1.82) is 0 Å². The molecule has 0 amide bonds. The first-order valence-electron chi connectivity index (χ1n) is 12.5. The quantitative estimate of drug-likeness (QED) is 0.474. The number of rotatable bonds is 9. The largest absolute Gasteiger partial charge is 0.372 e. The number of Topliss-reactive ketones (excluding diaryl/α,β-unsaturated/α-hetero) is 1. The standard InChI is InChI=1S/C27H35FN2O4S/c1-3-15-27(34-2)20-30(35(32,33)25-8-5-4-7-24(25)27)17-6-16-29-18-13-22(14-19-29)26(31)21-9-11-23(28)12-10-21/h4-5,7-12,22H,3,6,13-20H2,1-2H3. The van der Waals surface area contributed by atoms with Gasteiger partial charge in [-0.05, 0) is 75.6 Å². The summed E-state index contributed by atoms with van der Waals surface area (Å²) in [7, 11) is -1.91. The zero-order valence-electron chi connectivity index (χ0n) is 20.6. The number of nitrogens with zero attached hydrogens (tertiary/aromatic N) is 2. The number of likely N-dealkylation sites (tertiary alicyclic amines) is 1. The van der Waals surface area contributed by atoms with Crippen molar-refractivity contribution in [3.63, 3.8) is 0 Å². The van der Waals surface area contributed by atoms with Gasteiger partial charge in [-0.3, -0.25) is 4.79 Å². The van der Waals surface area contributed by atoms with E-state index in [1.165, 1.54) is 12.1 Å². The normalized spacial score (nSPS) is 23.2. The lowest BCUT2D eigenvalue weighted by molar-refractivity contribution is -0.0417. The number of carbonyl (C=O) groups is 1. The van der Waals surface area contributed by atoms with Gasteiger partial charge in [0.15, 0.2) is 5.78 Å². The van der Waals surface area contributed by atoms with Gasteiger partial charge in [0.05, 0.1) is 4.90 Å². The lowest BCUT2D eigenvalue weighted by Gasteiger charge is -2.42. The molecule has 0 bridgehead atoms. The Morgan fingerprint density at radius 2 is 1.77 bits per heavy atom. The molecule has 1 fully saturated rings. The molecule has 0 N–H and O–H groups in total. The van der Waals surface area contributed by atoms with E-state index in [0.29, 0.717) is 30.0 Å². The number of fused-ring (bicyclic) bond motifs is 1. The fourth-order valence-corrected chi connectivity index (χ4v) is 7.30. The predicted molar refractivity (Wildman–Crippen MR) is 133 cm³/mol. The lowest BCUT2D eigenvalue weighted by atomic mass is 9.88. The van der Waals surface area contributed by atoms with E-state index in [4.69, 9.17) is 4.74 Å². The van der Waals surface area contributed by atoms with Crippen LogP contribution < -0.4 is 0 Å². The van der Waals surface area contributed by atoms with Crippen LogP contribution in [0.15, 0.2) is 53.4 Å². The molecule has 4 rings (SSSR count). The zero-order chi connectivity index (χ0) is 25.1. The topological polar surface area (TPSA) is 66.9 Å². The third-order valence-corrected chi connectivity index (χ3v) is 9.34. The Morgan fingerprint density at radius 1 is 1.09 bits per heavy atom. The monoisotopic (exact) mass is 502 g/mol. The minimum absolute atomic E-state index is 0.0490. The highest BCUT2D eigenvalue weighted by molar-refractivity contribution is 7.89. The highest BCUT2D eigenvalue weighted by Gasteiger charge is 2.46. The maximum absolute atomic E-state index is 13.4. The van der Waals surface area contributed by atoms with Crippen LogP contribution >= 0.6 is 0 Å². The predicted octanol–water partition coefficient (Wildman–Crippen LogP) is 4.46. The zero-order valence-corrected chi connectivity index (χ0v) is 21.4. The first-order valence-corrected chi connectivity index (χ1v) is 13.9. The maximum atomic E-state index is 13.4. The Morgan fingerprint density at radius 3 is 2.43 bits per heavy atom. The van der Waals surface area contributed by atoms with Gasteiger partial charge in [0.1, 0.15) is 11.4 Å². The summed E-state index contributed by atoms with van der Waals surface area (Å²) < 4.78 is 47.4. The molecule has 2 aliphatic heterocycles. The number of benzene rings is 2. The molecule has 0 aliphatic carbocycles. The van der Waals surface area contributed by atoms with Crippen molar-refractivity contribution in [2.24, 2.45) is 5.92 Å². The van der Waals surface area contributed by atoms with Crippen LogP contribution in [0.1, 0.15) is 54.9 Å². The average Bonchev–Trinajstić information content (AvgIpc) is 2.87. The maximum Gasteiger partial charge on any atom is 0.243 e. The van der Waals surface area contributed by atoms with Crippen molar-refractivity contribution >= 4 is 15.8 Å². The van der Waals surface area contributed by atoms with Gasteiger partial charge >= 0.3 is 0 Å². The molecule has 1 atom stereocenters. The Labute approximate surface area is 208 Å². The van der Waals surface area contributed by atoms with Gasteiger partial charge in [0.2, 0.25) is 10.0 Å². The number of sulfonamides is 1. The number of carbonyl (C=O) groups excluding carboxylic acids is 1. The molecule has 1 unspecified atom stereocenters. The van der Waals surface area contributed by atoms with Gasteiger partial charge in [0.25, 0.3) is 0 Å². The first-order chi connectivity index (χ1) is 16.8. The number of methoxy groups -OCH3 is 1. The van der Waals surface area contributed by atoms with Crippen molar-refractivity contribution in [2.45, 2.75) is 49.5 Å². The second-order valence-electron chi connectivity index (χ2n) is 9.62. The molecule has 6 nitrogen and oxygen atoms in total. The van der Waals surface area contributed by atoms with Crippen molar-refractivity contribution < 1.29 is 22.3 Å². The second-order valence-corrected chi connectivity index (χ2v) is 11.5. The lowest BCUT2D eigenvalue weighted by Crippen LogP contribution is -2.50. The molecule has 2 aromatic rings. The van der Waals surface area contributed by atoms with Crippen molar-refractivity contribution in [3.05, 3.63) is 65.5 Å². The Bertz CT molecular complexity index is 1130. The molecular formula is C27H35FN2O4S. The van der Waals surface area contributed by atoms with Gasteiger partial charge in [-0.15, -0.1) is 0 Å². The van der Waals surface area contributed by atoms with Crippen LogP contribution in [0, 0.1) is 11.7 Å². The van der Waals surface area contributed by atoms with Crippen molar-refractivity contribution in [2.75, 3.05) is 39.8 Å². The average molecular weight is 503 g/mol. The van der Waals surface area contributed by atoms with Gasteiger partial charge in [-0.2, -0.15) is 4.31 Å². The summed E-state index contributed by atoms with van der Waals surface area (Å²) in [4.78, 5) is 15.4. The van der Waals surface area contributed by atoms with E-state index in [0.717, 1.165) is 50.9 Å². The molecule has 0 saturated carbocycles. The molecule has 35 heavy (non-hydrogen) atoms. The van der Waals surface area contributed by atoms with Crippen molar-refractivity contribution in [3.8, 4) is 0 Å². The summed E-state index contributed by atoms with van der Waals surface area (Å²) in [5.74, 6) is -0.311. The molecular weight excluding hydrogens is 467 g/mol. The van der Waals surface area contributed by atoms with E-state index in [1.807, 2.05) is 12.1 Å². The summed E-state index contributed by atoms with van der Waals surface area (Å²) in [5.41, 5.74) is 0.693. The number of ketones is 1. The van der Waals surface area contributed by atoms with Crippen LogP contribution in [0.25, 0.3) is 0 Å². The van der Waals surface area contributed by atoms with Crippen LogP contribution in [0.5, 0.6) is 0 Å². The smallest absolute Gasteiger partial charge is 0.243 e. The van der Waals surface area contributed by atoms with Crippen LogP contribution in [-0.4, -0.2) is 63.2 Å². The molecule has 8 heteroatoms. The fourth-order valence-electron chi connectivity index (χ4n) is 5.49. The molecule has 0 spiro atoms. The third kappa shape index (κ3) is 5.35. The van der Waals surface area contributed by atoms with Gasteiger partial charge in [-0.25, -0.2) is 12.8 Å². The van der Waals surface area contributed by atoms with E-state index in [1.54, 1.807) is 35.7 Å². The van der Waals surface area contributed by atoms with Crippen LogP contribution in [0.3, 0.4) is 0 Å². The van der Waals surface area contributed by atoms with Crippen LogP contribution in [-0.2, 0) is 20.4 Å². The Balaban J connectivity index is 1.35. The Kier molecular flexibility index (Phi) is 8.06. The molecule has 0 aromatic heterocycles. The van der Waals surface area contributed by atoms with Crippen molar-refractivity contribution in [1.82, 2.24) is 9.21 Å². The minimum Gasteiger partial charge on any atom is -0.372 e. The number of halogens is 1. The molecule has 2 aromatic carbocycles. The molecule has 0 radical (unpaired) electrons. The van der Waals surface area contributed by atoms with E-state index in [-0.39, 0.29) is 17.5 Å². The van der Waals surface area contributed by atoms with Crippen LogP contribution in [0.4, 0.5) is 4.39 Å². The molecule has 2 aliphatic rings.